The minimum atomic E-state index is -0.560. The summed E-state index contributed by atoms with van der Waals surface area (Å²) >= 11 is 1.05. The van der Waals surface area contributed by atoms with Crippen LogP contribution in [-0.2, 0) is 9.59 Å². The van der Waals surface area contributed by atoms with Crippen molar-refractivity contribution in [2.45, 2.75) is 13.3 Å². The lowest BCUT2D eigenvalue weighted by Gasteiger charge is -2.20. The van der Waals surface area contributed by atoms with E-state index in [2.05, 4.69) is 9.69 Å². The van der Waals surface area contributed by atoms with Crippen molar-refractivity contribution in [2.75, 3.05) is 38.1 Å². The molecular formula is C19H20N4O5S. The highest BCUT2D eigenvalue weighted by atomic mass is 32.1. The Morgan fingerprint density at radius 2 is 1.93 bits per heavy atom. The molecule has 10 heteroatoms. The number of rotatable bonds is 6. The molecule has 0 aliphatic carbocycles. The molecule has 0 radical (unpaired) electrons. The van der Waals surface area contributed by atoms with Gasteiger partial charge in [0.15, 0.2) is 11.5 Å². The Morgan fingerprint density at radius 3 is 2.48 bits per heavy atom. The predicted octanol–water partition coefficient (Wildman–Crippen LogP) is 2.34. The molecule has 3 rings (SSSR count). The normalized spacial score (nSPS) is 15.8. The van der Waals surface area contributed by atoms with E-state index < -0.39 is 5.92 Å². The molecule has 1 atom stereocenters. The third-order valence-corrected chi connectivity index (χ3v) is 5.52. The highest BCUT2D eigenvalue weighted by Gasteiger charge is 2.36. The second-order valence-electron chi connectivity index (χ2n) is 6.36. The van der Waals surface area contributed by atoms with Crippen molar-refractivity contribution in [2.24, 2.45) is 5.92 Å². The molecule has 1 unspecified atom stereocenters. The van der Waals surface area contributed by atoms with Crippen molar-refractivity contribution in [3.63, 3.8) is 0 Å². The first-order valence-electron chi connectivity index (χ1n) is 8.71. The Balaban J connectivity index is 1.81. The monoisotopic (exact) mass is 416 g/mol. The number of aromatic nitrogens is 1. The number of nitriles is 1. The molecule has 2 aromatic rings. The van der Waals surface area contributed by atoms with E-state index in [-0.39, 0.29) is 24.8 Å². The smallest absolute Gasteiger partial charge is 0.230 e. The number of benzene rings is 1. The molecule has 0 bridgehead atoms. The molecule has 1 saturated heterocycles. The van der Waals surface area contributed by atoms with Crippen LogP contribution in [-0.4, -0.2) is 44.1 Å². The fraction of sp³-hybridized carbons (Fsp3) is 0.368. The molecular weight excluding hydrogens is 396 g/mol. The molecule has 2 amide bonds. The largest absolute Gasteiger partial charge is 0.493 e. The Labute approximate surface area is 171 Å². The van der Waals surface area contributed by atoms with Gasteiger partial charge in [-0.05, 0) is 18.5 Å². The molecule has 0 saturated carbocycles. The van der Waals surface area contributed by atoms with Crippen LogP contribution in [0.4, 0.5) is 10.7 Å². The second kappa shape index (κ2) is 8.36. The second-order valence-corrected chi connectivity index (χ2v) is 7.14. The van der Waals surface area contributed by atoms with E-state index in [0.717, 1.165) is 11.5 Å². The van der Waals surface area contributed by atoms with Crippen LogP contribution in [0.15, 0.2) is 12.1 Å². The zero-order valence-corrected chi connectivity index (χ0v) is 17.3. The van der Waals surface area contributed by atoms with Crippen LogP contribution in [0.2, 0.25) is 0 Å². The molecule has 1 N–H and O–H groups in total. The van der Waals surface area contributed by atoms with Gasteiger partial charge in [0.1, 0.15) is 16.6 Å². The average molecular weight is 416 g/mol. The van der Waals surface area contributed by atoms with Gasteiger partial charge in [-0.15, -0.1) is 0 Å². The van der Waals surface area contributed by atoms with E-state index in [1.165, 1.54) is 26.2 Å². The van der Waals surface area contributed by atoms with Crippen LogP contribution in [0.1, 0.15) is 17.7 Å². The van der Waals surface area contributed by atoms with E-state index >= 15 is 0 Å². The van der Waals surface area contributed by atoms with Crippen molar-refractivity contribution >= 4 is 34.0 Å². The van der Waals surface area contributed by atoms with Crippen LogP contribution in [0.25, 0.3) is 0 Å². The molecule has 152 valence electrons. The van der Waals surface area contributed by atoms with E-state index in [0.29, 0.717) is 39.2 Å². The first kappa shape index (κ1) is 20.4. The number of aryl methyl sites for hydroxylation is 1. The number of amides is 2. The van der Waals surface area contributed by atoms with Gasteiger partial charge < -0.3 is 24.4 Å². The lowest BCUT2D eigenvalue weighted by atomic mass is 10.1. The minimum absolute atomic E-state index is 0.0577. The quantitative estimate of drug-likeness (QED) is 0.769. The fourth-order valence-electron chi connectivity index (χ4n) is 3.16. The molecule has 9 nitrogen and oxygen atoms in total. The van der Waals surface area contributed by atoms with Gasteiger partial charge in [-0.2, -0.15) is 9.64 Å². The van der Waals surface area contributed by atoms with Crippen molar-refractivity contribution in [3.05, 3.63) is 23.4 Å². The van der Waals surface area contributed by atoms with Crippen LogP contribution in [0.3, 0.4) is 0 Å². The Morgan fingerprint density at radius 1 is 1.28 bits per heavy atom. The molecule has 1 fully saturated rings. The maximum atomic E-state index is 12.7. The number of hydrogen-bond donors (Lipinski definition) is 1. The summed E-state index contributed by atoms with van der Waals surface area (Å²) in [4.78, 5) is 26.8. The number of anilines is 2. The SMILES string of the molecule is COc1cc(N2CC(C(=O)Nc3snc(C)c3C#N)CC2=O)cc(OC)c1OC. The molecule has 1 aromatic carbocycles. The Hall–Kier alpha value is -3.32. The zero-order valence-electron chi connectivity index (χ0n) is 16.4. The van der Waals surface area contributed by atoms with Gasteiger partial charge in [0.2, 0.25) is 17.6 Å². The van der Waals surface area contributed by atoms with Crippen molar-refractivity contribution < 1.29 is 23.8 Å². The summed E-state index contributed by atoms with van der Waals surface area (Å²) in [5, 5.41) is 12.3. The summed E-state index contributed by atoms with van der Waals surface area (Å²) in [5.41, 5.74) is 1.45. The summed E-state index contributed by atoms with van der Waals surface area (Å²) in [6.07, 6.45) is 0.0577. The number of carbonyl (C=O) groups is 2. The summed E-state index contributed by atoms with van der Waals surface area (Å²) in [6, 6.07) is 5.37. The summed E-state index contributed by atoms with van der Waals surface area (Å²) in [6.45, 7) is 1.90. The van der Waals surface area contributed by atoms with Crippen molar-refractivity contribution in [1.82, 2.24) is 4.37 Å². The minimum Gasteiger partial charge on any atom is -0.493 e. The first-order chi connectivity index (χ1) is 13.9. The number of ether oxygens (including phenoxy) is 3. The topological polar surface area (TPSA) is 114 Å². The standard InChI is InChI=1S/C19H20N4O5S/c1-10-13(8-20)19(29-22-10)21-18(25)11-5-16(24)23(9-11)12-6-14(26-2)17(28-4)15(7-12)27-3/h6-7,11H,5,9H2,1-4H3,(H,21,25). The Bertz CT molecular complexity index is 972. The van der Waals surface area contributed by atoms with Gasteiger partial charge in [0, 0.05) is 25.1 Å². The lowest BCUT2D eigenvalue weighted by Crippen LogP contribution is -2.28. The molecule has 0 spiro atoms. The summed E-state index contributed by atoms with van der Waals surface area (Å²) in [7, 11) is 4.48. The molecule has 1 aliphatic rings. The highest BCUT2D eigenvalue weighted by Crippen LogP contribution is 2.42. The lowest BCUT2D eigenvalue weighted by molar-refractivity contribution is -0.122. The number of nitrogens with one attached hydrogen (secondary N) is 1. The Kier molecular flexibility index (Phi) is 5.89. The van der Waals surface area contributed by atoms with Gasteiger partial charge in [0.05, 0.1) is 38.6 Å². The number of carbonyl (C=O) groups excluding carboxylic acids is 2. The maximum absolute atomic E-state index is 12.7. The maximum Gasteiger partial charge on any atom is 0.230 e. The van der Waals surface area contributed by atoms with Gasteiger partial charge in [-0.1, -0.05) is 0 Å². The van der Waals surface area contributed by atoms with Crippen LogP contribution < -0.4 is 24.4 Å². The van der Waals surface area contributed by atoms with E-state index in [9.17, 15) is 14.9 Å². The molecule has 29 heavy (non-hydrogen) atoms. The van der Waals surface area contributed by atoms with Crippen LogP contribution in [0, 0.1) is 24.2 Å². The van der Waals surface area contributed by atoms with Gasteiger partial charge in [-0.3, -0.25) is 9.59 Å². The number of methoxy groups -OCH3 is 3. The predicted molar refractivity (Wildman–Crippen MR) is 107 cm³/mol. The molecule has 1 aromatic heterocycles. The van der Waals surface area contributed by atoms with E-state index in [1.807, 2.05) is 6.07 Å². The van der Waals surface area contributed by atoms with Crippen molar-refractivity contribution in [3.8, 4) is 23.3 Å². The van der Waals surface area contributed by atoms with Crippen molar-refractivity contribution in [1.29, 1.82) is 5.26 Å². The summed E-state index contributed by atoms with van der Waals surface area (Å²) in [5.74, 6) is 0.177. The number of nitrogens with zero attached hydrogens (tertiary/aromatic N) is 3. The van der Waals surface area contributed by atoms with Crippen LogP contribution >= 0.6 is 11.5 Å². The van der Waals surface area contributed by atoms with E-state index in [1.54, 1.807) is 19.1 Å². The number of hydrogen-bond acceptors (Lipinski definition) is 8. The first-order valence-corrected chi connectivity index (χ1v) is 9.48. The van der Waals surface area contributed by atoms with Crippen LogP contribution in [0.5, 0.6) is 17.2 Å². The van der Waals surface area contributed by atoms with Gasteiger partial charge in [-0.25, -0.2) is 0 Å². The van der Waals surface area contributed by atoms with Gasteiger partial charge >= 0.3 is 0 Å². The zero-order chi connectivity index (χ0) is 21.1. The average Bonchev–Trinajstić information content (AvgIpc) is 3.28. The molecule has 2 heterocycles. The summed E-state index contributed by atoms with van der Waals surface area (Å²) < 4.78 is 20.1. The fourth-order valence-corrected chi connectivity index (χ4v) is 3.91. The van der Waals surface area contributed by atoms with E-state index in [4.69, 9.17) is 14.2 Å². The molecule has 1 aliphatic heterocycles. The highest BCUT2D eigenvalue weighted by molar-refractivity contribution is 7.10. The third kappa shape index (κ3) is 3.82. The van der Waals surface area contributed by atoms with Gasteiger partial charge in [0.25, 0.3) is 0 Å². The third-order valence-electron chi connectivity index (χ3n) is 4.67.